The molecule has 2 aromatic carbocycles. The predicted molar refractivity (Wildman–Crippen MR) is 93.4 cm³/mol. The molecule has 0 spiro atoms. The Bertz CT molecular complexity index is 782. The number of benzene rings is 2. The average Bonchev–Trinajstić information content (AvgIpc) is 2.64. The maximum atomic E-state index is 12.6. The largest absolute Gasteiger partial charge is 0.472 e. The first-order valence-corrected chi connectivity index (χ1v) is 7.75. The summed E-state index contributed by atoms with van der Waals surface area (Å²) in [6.45, 7) is 4.67. The maximum Gasteiger partial charge on any atom is 0.354 e. The second-order valence-corrected chi connectivity index (χ2v) is 5.60. The van der Waals surface area contributed by atoms with Gasteiger partial charge in [-0.15, -0.1) is 0 Å². The Morgan fingerprint density at radius 2 is 1.62 bits per heavy atom. The van der Waals surface area contributed by atoms with Crippen LogP contribution in [0.1, 0.15) is 11.1 Å². The zero-order valence-corrected chi connectivity index (χ0v) is 13.3. The summed E-state index contributed by atoms with van der Waals surface area (Å²) in [5.74, 6) is 0.208. The van der Waals surface area contributed by atoms with Gasteiger partial charge in [-0.3, -0.25) is 0 Å². The number of rotatable bonds is 6. The Morgan fingerprint density at radius 1 is 1.00 bits per heavy atom. The normalized spacial score (nSPS) is 19.7. The Balaban J connectivity index is 1.71. The first kappa shape index (κ1) is 15.9. The number of ether oxygens (including phenoxy) is 1. The van der Waals surface area contributed by atoms with E-state index in [4.69, 9.17) is 4.74 Å². The van der Waals surface area contributed by atoms with Gasteiger partial charge in [0.05, 0.1) is 0 Å². The molecule has 2 aromatic rings. The SMILES string of the molecule is C=C[N+]1(Cc2ccccc2)C=NC(OCc2ccccc2)=CC1=O. The van der Waals surface area contributed by atoms with E-state index >= 15 is 0 Å². The molecule has 0 aliphatic carbocycles. The molecular formula is C20H19N2O2+. The standard InChI is InChI=1S/C20H19N2O2/c1-2-22(14-17-9-5-3-6-10-17)16-21-19(13-20(22)23)24-15-18-11-7-4-8-12-18/h2-13,16H,1,14-15H2/q+1. The highest BCUT2D eigenvalue weighted by atomic mass is 16.5. The van der Waals surface area contributed by atoms with Crippen molar-refractivity contribution in [3.8, 4) is 0 Å². The van der Waals surface area contributed by atoms with Gasteiger partial charge in [-0.1, -0.05) is 60.7 Å². The monoisotopic (exact) mass is 319 g/mol. The average molecular weight is 319 g/mol. The summed E-state index contributed by atoms with van der Waals surface area (Å²) in [6.07, 6.45) is 4.62. The van der Waals surface area contributed by atoms with Gasteiger partial charge in [0.25, 0.3) is 0 Å². The van der Waals surface area contributed by atoms with Crippen LogP contribution in [0, 0.1) is 0 Å². The summed E-state index contributed by atoms with van der Waals surface area (Å²) in [6, 6.07) is 19.6. The van der Waals surface area contributed by atoms with Gasteiger partial charge in [0.15, 0.2) is 0 Å². The van der Waals surface area contributed by atoms with Crippen LogP contribution in [0.25, 0.3) is 0 Å². The lowest BCUT2D eigenvalue weighted by Gasteiger charge is -2.27. The van der Waals surface area contributed by atoms with Gasteiger partial charge in [0.2, 0.25) is 12.2 Å². The predicted octanol–water partition coefficient (Wildman–Crippen LogP) is 3.77. The summed E-state index contributed by atoms with van der Waals surface area (Å²) < 4.78 is 5.57. The smallest absolute Gasteiger partial charge is 0.354 e. The van der Waals surface area contributed by atoms with Gasteiger partial charge in [-0.2, -0.15) is 9.48 Å². The molecule has 24 heavy (non-hydrogen) atoms. The third-order valence-electron chi connectivity index (χ3n) is 3.89. The Hall–Kier alpha value is -2.98. The second kappa shape index (κ2) is 7.06. The number of hydrogen-bond acceptors (Lipinski definition) is 3. The third kappa shape index (κ3) is 3.50. The number of aliphatic imine (C=N–C) groups is 1. The summed E-state index contributed by atoms with van der Waals surface area (Å²) in [5.41, 5.74) is 2.07. The van der Waals surface area contributed by atoms with E-state index in [2.05, 4.69) is 11.6 Å². The van der Waals surface area contributed by atoms with E-state index in [1.165, 1.54) is 6.08 Å². The van der Waals surface area contributed by atoms with Crippen molar-refractivity contribution in [3.63, 3.8) is 0 Å². The Morgan fingerprint density at radius 3 is 2.21 bits per heavy atom. The number of quaternary nitrogens is 1. The topological polar surface area (TPSA) is 38.7 Å². The summed E-state index contributed by atoms with van der Waals surface area (Å²) in [5, 5.41) is 0. The molecule has 1 aliphatic rings. The molecule has 1 aliphatic heterocycles. The van der Waals surface area contributed by atoms with Crippen LogP contribution >= 0.6 is 0 Å². The van der Waals surface area contributed by atoms with Gasteiger partial charge >= 0.3 is 5.91 Å². The lowest BCUT2D eigenvalue weighted by Crippen LogP contribution is -2.46. The second-order valence-electron chi connectivity index (χ2n) is 5.60. The van der Waals surface area contributed by atoms with Gasteiger partial charge in [0.1, 0.15) is 25.4 Å². The zero-order valence-electron chi connectivity index (χ0n) is 13.3. The fourth-order valence-corrected chi connectivity index (χ4v) is 2.50. The summed E-state index contributed by atoms with van der Waals surface area (Å²) in [7, 11) is 0. The molecule has 4 nitrogen and oxygen atoms in total. The summed E-state index contributed by atoms with van der Waals surface area (Å²) >= 11 is 0. The van der Waals surface area contributed by atoms with Crippen molar-refractivity contribution < 1.29 is 14.0 Å². The first-order chi connectivity index (χ1) is 11.7. The molecular weight excluding hydrogens is 300 g/mol. The molecule has 1 amide bonds. The van der Waals surface area contributed by atoms with E-state index in [9.17, 15) is 4.79 Å². The summed E-state index contributed by atoms with van der Waals surface area (Å²) in [4.78, 5) is 16.9. The van der Waals surface area contributed by atoms with Crippen LogP contribution < -0.4 is 0 Å². The van der Waals surface area contributed by atoms with Crippen LogP contribution in [0.3, 0.4) is 0 Å². The zero-order chi connectivity index (χ0) is 16.8. The highest BCUT2D eigenvalue weighted by Gasteiger charge is 2.35. The van der Waals surface area contributed by atoms with Gasteiger partial charge in [0, 0.05) is 5.56 Å². The van der Waals surface area contributed by atoms with E-state index in [1.807, 2.05) is 60.7 Å². The number of hydrogen-bond donors (Lipinski definition) is 0. The van der Waals surface area contributed by atoms with Crippen LogP contribution in [0.15, 0.2) is 90.4 Å². The maximum absolute atomic E-state index is 12.6. The molecule has 0 saturated heterocycles. The van der Waals surface area contributed by atoms with Crippen LogP contribution in [0.5, 0.6) is 0 Å². The first-order valence-electron chi connectivity index (χ1n) is 7.75. The molecule has 0 bridgehead atoms. The molecule has 1 atom stereocenters. The number of carbonyl (C=O) groups excluding carboxylic acids is 1. The van der Waals surface area contributed by atoms with Crippen molar-refractivity contribution in [2.45, 2.75) is 13.2 Å². The molecule has 1 unspecified atom stereocenters. The number of nitrogens with zero attached hydrogens (tertiary/aromatic N) is 2. The van der Waals surface area contributed by atoms with Crippen LogP contribution in [0.4, 0.5) is 0 Å². The fraction of sp³-hybridized carbons (Fsp3) is 0.100. The van der Waals surface area contributed by atoms with E-state index < -0.39 is 0 Å². The highest BCUT2D eigenvalue weighted by molar-refractivity contribution is 5.90. The van der Waals surface area contributed by atoms with E-state index in [0.29, 0.717) is 19.0 Å². The van der Waals surface area contributed by atoms with Crippen LogP contribution in [-0.2, 0) is 22.7 Å². The van der Waals surface area contributed by atoms with Crippen LogP contribution in [0.2, 0.25) is 0 Å². The number of amides is 1. The Kier molecular flexibility index (Phi) is 4.68. The van der Waals surface area contributed by atoms with Crippen molar-refractivity contribution in [3.05, 3.63) is 96.5 Å². The van der Waals surface area contributed by atoms with Crippen molar-refractivity contribution in [1.29, 1.82) is 0 Å². The van der Waals surface area contributed by atoms with Gasteiger partial charge < -0.3 is 4.74 Å². The van der Waals surface area contributed by atoms with Crippen molar-refractivity contribution in [2.24, 2.45) is 4.99 Å². The molecule has 0 radical (unpaired) electrons. The van der Waals surface area contributed by atoms with E-state index in [-0.39, 0.29) is 10.4 Å². The molecule has 0 N–H and O–H groups in total. The van der Waals surface area contributed by atoms with Crippen molar-refractivity contribution in [2.75, 3.05) is 0 Å². The lowest BCUT2D eigenvalue weighted by atomic mass is 10.2. The number of carbonyl (C=O) groups is 1. The molecule has 3 rings (SSSR count). The van der Waals surface area contributed by atoms with Gasteiger partial charge in [-0.25, -0.2) is 4.79 Å². The third-order valence-corrected chi connectivity index (χ3v) is 3.89. The van der Waals surface area contributed by atoms with Crippen LogP contribution in [-0.4, -0.2) is 16.7 Å². The minimum atomic E-state index is -0.119. The lowest BCUT2D eigenvalue weighted by molar-refractivity contribution is -0.713. The molecule has 120 valence electrons. The van der Waals surface area contributed by atoms with E-state index in [0.717, 1.165) is 11.1 Å². The van der Waals surface area contributed by atoms with Crippen molar-refractivity contribution >= 4 is 12.2 Å². The highest BCUT2D eigenvalue weighted by Crippen LogP contribution is 2.20. The minimum Gasteiger partial charge on any atom is -0.472 e. The quantitative estimate of drug-likeness (QED) is 0.760. The van der Waals surface area contributed by atoms with Gasteiger partial charge in [-0.05, 0) is 12.1 Å². The molecule has 1 heterocycles. The van der Waals surface area contributed by atoms with Crippen molar-refractivity contribution in [1.82, 2.24) is 0 Å². The molecule has 4 heteroatoms. The minimum absolute atomic E-state index is 0.0534. The Labute approximate surface area is 141 Å². The molecule has 0 aromatic heterocycles. The molecule has 0 fully saturated rings. The fourth-order valence-electron chi connectivity index (χ4n) is 2.50. The van der Waals surface area contributed by atoms with E-state index in [1.54, 1.807) is 12.5 Å². The molecule has 0 saturated carbocycles.